The largest absolute Gasteiger partial charge is 0.375 e. The Kier molecular flexibility index (Phi) is 4.08. The Hall–Kier alpha value is -1.50. The minimum absolute atomic E-state index is 0.168. The molecule has 2 rings (SSSR count). The second-order valence-electron chi connectivity index (χ2n) is 5.42. The summed E-state index contributed by atoms with van der Waals surface area (Å²) < 4.78 is 29.3. The van der Waals surface area contributed by atoms with Crippen molar-refractivity contribution in [3.8, 4) is 0 Å². The zero-order valence-corrected chi connectivity index (χ0v) is 13.0. The van der Waals surface area contributed by atoms with Crippen LogP contribution in [0.3, 0.4) is 0 Å². The smallest absolute Gasteiger partial charge is 0.150 e. The molecule has 0 radical (unpaired) electrons. The third-order valence-electron chi connectivity index (χ3n) is 2.68. The number of halogens is 3. The quantitative estimate of drug-likeness (QED) is 0.923. The first-order valence-corrected chi connectivity index (χ1v) is 6.87. The maximum atomic E-state index is 13.6. The SMILES string of the molecule is CC(C)(C)n1cc(CNc2c(F)cc(Br)cc2F)nn1. The molecule has 0 aliphatic carbocycles. The molecule has 0 unspecified atom stereocenters. The van der Waals surface area contributed by atoms with Gasteiger partial charge in [0, 0.05) is 4.47 Å². The normalized spacial score (nSPS) is 11.7. The summed E-state index contributed by atoms with van der Waals surface area (Å²) in [6, 6.07) is 2.41. The van der Waals surface area contributed by atoms with E-state index < -0.39 is 11.6 Å². The highest BCUT2D eigenvalue weighted by molar-refractivity contribution is 9.10. The molecule has 2 aromatic rings. The number of anilines is 1. The fourth-order valence-electron chi connectivity index (χ4n) is 1.60. The van der Waals surface area contributed by atoms with Crippen LogP contribution in [0.25, 0.3) is 0 Å². The number of hydrogen-bond donors (Lipinski definition) is 1. The van der Waals surface area contributed by atoms with Crippen molar-refractivity contribution in [2.75, 3.05) is 5.32 Å². The molecule has 0 saturated carbocycles. The van der Waals surface area contributed by atoms with E-state index in [2.05, 4.69) is 31.6 Å². The lowest BCUT2D eigenvalue weighted by atomic mass is 10.1. The fourth-order valence-corrected chi connectivity index (χ4v) is 2.00. The number of hydrogen-bond acceptors (Lipinski definition) is 3. The van der Waals surface area contributed by atoms with Gasteiger partial charge < -0.3 is 5.32 Å². The predicted molar refractivity (Wildman–Crippen MR) is 76.4 cm³/mol. The van der Waals surface area contributed by atoms with Crippen molar-refractivity contribution in [1.29, 1.82) is 0 Å². The fraction of sp³-hybridized carbons (Fsp3) is 0.385. The van der Waals surface area contributed by atoms with Crippen molar-refractivity contribution in [3.63, 3.8) is 0 Å². The zero-order chi connectivity index (χ0) is 14.9. The van der Waals surface area contributed by atoms with E-state index in [4.69, 9.17) is 0 Å². The molecule has 4 nitrogen and oxygen atoms in total. The first-order chi connectivity index (χ1) is 9.27. The number of nitrogens with one attached hydrogen (secondary N) is 1. The minimum Gasteiger partial charge on any atom is -0.375 e. The molecular weight excluding hydrogens is 330 g/mol. The van der Waals surface area contributed by atoms with Gasteiger partial charge in [-0.25, -0.2) is 13.5 Å². The van der Waals surface area contributed by atoms with Gasteiger partial charge in [-0.1, -0.05) is 21.1 Å². The van der Waals surface area contributed by atoms with Crippen LogP contribution in [0.15, 0.2) is 22.8 Å². The summed E-state index contributed by atoms with van der Waals surface area (Å²) in [6.45, 7) is 6.18. The molecule has 0 atom stereocenters. The molecule has 0 amide bonds. The third-order valence-corrected chi connectivity index (χ3v) is 3.14. The highest BCUT2D eigenvalue weighted by Gasteiger charge is 2.16. The summed E-state index contributed by atoms with van der Waals surface area (Å²) in [5.41, 5.74) is 0.263. The second kappa shape index (κ2) is 5.47. The molecule has 1 heterocycles. The molecule has 1 N–H and O–H groups in total. The van der Waals surface area contributed by atoms with Gasteiger partial charge in [0.2, 0.25) is 0 Å². The standard InChI is InChI=1S/C13H15BrF2N4/c1-13(2,3)20-7-9(18-19-20)6-17-12-10(15)4-8(14)5-11(12)16/h4-5,7,17H,6H2,1-3H3. The Bertz CT molecular complexity index is 596. The Morgan fingerprint density at radius 3 is 2.35 bits per heavy atom. The van der Waals surface area contributed by atoms with Crippen molar-refractivity contribution in [1.82, 2.24) is 15.0 Å². The van der Waals surface area contributed by atoms with Crippen LogP contribution in [0.2, 0.25) is 0 Å². The van der Waals surface area contributed by atoms with Crippen LogP contribution < -0.4 is 5.32 Å². The lowest BCUT2D eigenvalue weighted by Gasteiger charge is -2.17. The zero-order valence-electron chi connectivity index (χ0n) is 11.4. The minimum atomic E-state index is -0.653. The van der Waals surface area contributed by atoms with Gasteiger partial charge >= 0.3 is 0 Å². The van der Waals surface area contributed by atoms with Crippen molar-refractivity contribution in [2.24, 2.45) is 0 Å². The topological polar surface area (TPSA) is 42.7 Å². The first kappa shape index (κ1) is 14.9. The third kappa shape index (κ3) is 3.33. The summed E-state index contributed by atoms with van der Waals surface area (Å²) >= 11 is 3.03. The van der Waals surface area contributed by atoms with Gasteiger partial charge in [-0.2, -0.15) is 0 Å². The van der Waals surface area contributed by atoms with Gasteiger partial charge in [-0.3, -0.25) is 0 Å². The van der Waals surface area contributed by atoms with E-state index in [1.54, 1.807) is 10.9 Å². The van der Waals surface area contributed by atoms with Gasteiger partial charge in [0.1, 0.15) is 23.0 Å². The van der Waals surface area contributed by atoms with Crippen LogP contribution in [-0.4, -0.2) is 15.0 Å². The maximum absolute atomic E-state index is 13.6. The van der Waals surface area contributed by atoms with Crippen molar-refractivity contribution < 1.29 is 8.78 Å². The van der Waals surface area contributed by atoms with E-state index >= 15 is 0 Å². The Morgan fingerprint density at radius 1 is 1.25 bits per heavy atom. The number of nitrogens with zero attached hydrogens (tertiary/aromatic N) is 3. The summed E-state index contributed by atoms with van der Waals surface area (Å²) in [7, 11) is 0. The summed E-state index contributed by atoms with van der Waals surface area (Å²) in [4.78, 5) is 0. The number of benzene rings is 1. The molecular formula is C13H15BrF2N4. The molecule has 0 aliphatic rings. The molecule has 108 valence electrons. The highest BCUT2D eigenvalue weighted by atomic mass is 79.9. The highest BCUT2D eigenvalue weighted by Crippen LogP contribution is 2.24. The van der Waals surface area contributed by atoms with Gasteiger partial charge in [0.05, 0.1) is 18.3 Å². The Balaban J connectivity index is 2.12. The average molecular weight is 345 g/mol. The van der Waals surface area contributed by atoms with Gasteiger partial charge in [-0.05, 0) is 32.9 Å². The van der Waals surface area contributed by atoms with E-state index in [9.17, 15) is 8.78 Å². The molecule has 0 fully saturated rings. The van der Waals surface area contributed by atoms with Gasteiger partial charge in [0.25, 0.3) is 0 Å². The van der Waals surface area contributed by atoms with E-state index in [0.717, 1.165) is 0 Å². The van der Waals surface area contributed by atoms with Crippen LogP contribution in [0.1, 0.15) is 26.5 Å². The molecule has 0 saturated heterocycles. The van der Waals surface area contributed by atoms with Crippen molar-refractivity contribution >= 4 is 21.6 Å². The molecule has 20 heavy (non-hydrogen) atoms. The van der Waals surface area contributed by atoms with Crippen molar-refractivity contribution in [2.45, 2.75) is 32.9 Å². The van der Waals surface area contributed by atoms with Gasteiger partial charge in [0.15, 0.2) is 0 Å². The number of aromatic nitrogens is 3. The van der Waals surface area contributed by atoms with Crippen LogP contribution in [0, 0.1) is 11.6 Å². The lowest BCUT2D eigenvalue weighted by Crippen LogP contribution is -2.22. The van der Waals surface area contributed by atoms with Gasteiger partial charge in [-0.15, -0.1) is 5.10 Å². The van der Waals surface area contributed by atoms with E-state index in [1.165, 1.54) is 12.1 Å². The monoisotopic (exact) mass is 344 g/mol. The summed E-state index contributed by atoms with van der Waals surface area (Å²) in [5.74, 6) is -1.31. The van der Waals surface area contributed by atoms with E-state index in [-0.39, 0.29) is 17.8 Å². The van der Waals surface area contributed by atoms with Crippen LogP contribution in [0.4, 0.5) is 14.5 Å². The molecule has 0 spiro atoms. The second-order valence-corrected chi connectivity index (χ2v) is 6.34. The molecule has 0 bridgehead atoms. The van der Waals surface area contributed by atoms with Crippen LogP contribution in [-0.2, 0) is 12.1 Å². The number of rotatable bonds is 3. The molecule has 1 aromatic heterocycles. The van der Waals surface area contributed by atoms with E-state index in [0.29, 0.717) is 10.2 Å². The maximum Gasteiger partial charge on any atom is 0.150 e. The first-order valence-electron chi connectivity index (χ1n) is 6.07. The van der Waals surface area contributed by atoms with E-state index in [1.807, 2.05) is 20.8 Å². The average Bonchev–Trinajstić information content (AvgIpc) is 2.75. The Labute approximate surface area is 124 Å². The van der Waals surface area contributed by atoms with Crippen LogP contribution >= 0.6 is 15.9 Å². The van der Waals surface area contributed by atoms with Crippen LogP contribution in [0.5, 0.6) is 0 Å². The molecule has 7 heteroatoms. The summed E-state index contributed by atoms with van der Waals surface area (Å²) in [5, 5.41) is 10.7. The Morgan fingerprint density at radius 2 is 1.85 bits per heavy atom. The van der Waals surface area contributed by atoms with Crippen molar-refractivity contribution in [3.05, 3.63) is 40.1 Å². The predicted octanol–water partition coefficient (Wildman–Crippen LogP) is 3.69. The lowest BCUT2D eigenvalue weighted by molar-refractivity contribution is 0.347. The molecule has 0 aliphatic heterocycles. The molecule has 1 aromatic carbocycles. The summed E-state index contributed by atoms with van der Waals surface area (Å²) in [6.07, 6.45) is 1.75.